The van der Waals surface area contributed by atoms with Gasteiger partial charge in [-0.05, 0) is 37.3 Å². The Morgan fingerprint density at radius 3 is 3.05 bits per heavy atom. The lowest BCUT2D eigenvalue weighted by Crippen LogP contribution is -2.12. The van der Waals surface area contributed by atoms with Crippen LogP contribution in [0, 0.1) is 0 Å². The third-order valence-corrected chi connectivity index (χ3v) is 3.68. The van der Waals surface area contributed by atoms with E-state index in [1.54, 1.807) is 18.5 Å². The molecule has 0 radical (unpaired) electrons. The number of carbonyl (C=O) groups is 1. The van der Waals surface area contributed by atoms with Gasteiger partial charge in [-0.25, -0.2) is 14.8 Å². The maximum absolute atomic E-state index is 11.5. The van der Waals surface area contributed by atoms with E-state index < -0.39 is 5.97 Å². The molecule has 1 N–H and O–H groups in total. The summed E-state index contributed by atoms with van der Waals surface area (Å²) in [5.74, 6) is 0.429. The van der Waals surface area contributed by atoms with Crippen molar-refractivity contribution < 1.29 is 9.90 Å². The van der Waals surface area contributed by atoms with E-state index in [0.29, 0.717) is 5.82 Å². The molecule has 0 aliphatic heterocycles. The predicted molar refractivity (Wildman–Crippen MR) is 74.3 cm³/mol. The number of fused-ring (bicyclic) bond motifs is 1. The molecule has 0 amide bonds. The number of aryl methyl sites for hydroxylation is 3. The summed E-state index contributed by atoms with van der Waals surface area (Å²) >= 11 is 0. The fourth-order valence-electron chi connectivity index (χ4n) is 2.74. The van der Waals surface area contributed by atoms with Gasteiger partial charge in [-0.1, -0.05) is 6.92 Å². The van der Waals surface area contributed by atoms with Crippen LogP contribution in [-0.2, 0) is 19.3 Å². The van der Waals surface area contributed by atoms with Crippen molar-refractivity contribution in [3.63, 3.8) is 0 Å². The minimum absolute atomic E-state index is 0.265. The number of nitrogens with zero attached hydrogens (tertiary/aromatic N) is 3. The lowest BCUT2D eigenvalue weighted by atomic mass is 10.1. The molecular formula is C15H17N3O2. The van der Waals surface area contributed by atoms with Gasteiger partial charge in [-0.3, -0.25) is 4.57 Å². The summed E-state index contributed by atoms with van der Waals surface area (Å²) in [6.45, 7) is 2.08. The van der Waals surface area contributed by atoms with E-state index in [-0.39, 0.29) is 5.56 Å². The van der Waals surface area contributed by atoms with Crippen LogP contribution in [0.5, 0.6) is 0 Å². The molecule has 20 heavy (non-hydrogen) atoms. The van der Waals surface area contributed by atoms with Crippen LogP contribution in [0.2, 0.25) is 0 Å². The highest BCUT2D eigenvalue weighted by Crippen LogP contribution is 2.25. The molecule has 3 rings (SSSR count). The highest BCUT2D eigenvalue weighted by molar-refractivity contribution is 5.91. The fourth-order valence-corrected chi connectivity index (χ4v) is 2.74. The molecule has 0 saturated carbocycles. The number of aromatic carboxylic acids is 1. The van der Waals surface area contributed by atoms with E-state index in [1.165, 1.54) is 0 Å². The average molecular weight is 271 g/mol. The van der Waals surface area contributed by atoms with Gasteiger partial charge in [0.2, 0.25) is 0 Å². The lowest BCUT2D eigenvalue weighted by molar-refractivity contribution is 0.0696. The van der Waals surface area contributed by atoms with Crippen molar-refractivity contribution in [1.82, 2.24) is 14.5 Å². The van der Waals surface area contributed by atoms with Crippen LogP contribution in [0.15, 0.2) is 18.5 Å². The van der Waals surface area contributed by atoms with Crippen LogP contribution in [-0.4, -0.2) is 25.6 Å². The van der Waals surface area contributed by atoms with Gasteiger partial charge in [0, 0.05) is 24.5 Å². The third kappa shape index (κ3) is 2.09. The van der Waals surface area contributed by atoms with Gasteiger partial charge in [0.25, 0.3) is 0 Å². The second-order valence-electron chi connectivity index (χ2n) is 5.09. The summed E-state index contributed by atoms with van der Waals surface area (Å²) in [4.78, 5) is 20.4. The maximum Gasteiger partial charge on any atom is 0.339 e. The third-order valence-electron chi connectivity index (χ3n) is 3.68. The zero-order chi connectivity index (χ0) is 14.1. The Kier molecular flexibility index (Phi) is 3.26. The Morgan fingerprint density at radius 2 is 2.30 bits per heavy atom. The van der Waals surface area contributed by atoms with Crippen LogP contribution >= 0.6 is 0 Å². The van der Waals surface area contributed by atoms with E-state index in [1.807, 2.05) is 4.57 Å². The molecule has 0 fully saturated rings. The van der Waals surface area contributed by atoms with Crippen LogP contribution in [0.25, 0.3) is 5.82 Å². The van der Waals surface area contributed by atoms with Crippen molar-refractivity contribution in [3.8, 4) is 5.82 Å². The number of rotatable bonds is 4. The Morgan fingerprint density at radius 1 is 1.45 bits per heavy atom. The summed E-state index contributed by atoms with van der Waals surface area (Å²) in [6, 6.07) is 1.78. The molecular weight excluding hydrogens is 254 g/mol. The van der Waals surface area contributed by atoms with Crippen molar-refractivity contribution in [2.45, 2.75) is 39.0 Å². The first-order chi connectivity index (χ1) is 9.70. The maximum atomic E-state index is 11.5. The highest BCUT2D eigenvalue weighted by Gasteiger charge is 2.21. The zero-order valence-electron chi connectivity index (χ0n) is 11.5. The van der Waals surface area contributed by atoms with Gasteiger partial charge >= 0.3 is 5.97 Å². The summed E-state index contributed by atoms with van der Waals surface area (Å²) in [7, 11) is 0. The topological polar surface area (TPSA) is 68.0 Å². The molecule has 0 aromatic carbocycles. The Labute approximate surface area is 117 Å². The van der Waals surface area contributed by atoms with Crippen LogP contribution in [0.1, 0.15) is 47.2 Å². The summed E-state index contributed by atoms with van der Waals surface area (Å²) in [5.41, 5.74) is 2.37. The molecule has 0 atom stereocenters. The molecule has 2 heterocycles. The van der Waals surface area contributed by atoms with E-state index in [9.17, 15) is 9.90 Å². The molecule has 0 bridgehead atoms. The summed E-state index contributed by atoms with van der Waals surface area (Å²) in [6.07, 6.45) is 8.17. The Balaban J connectivity index is 2.16. The first kappa shape index (κ1) is 12.8. The molecule has 104 valence electrons. The van der Waals surface area contributed by atoms with Crippen LogP contribution < -0.4 is 0 Å². The first-order valence-corrected chi connectivity index (χ1v) is 6.99. The molecule has 2 aromatic rings. The van der Waals surface area contributed by atoms with E-state index >= 15 is 0 Å². The van der Waals surface area contributed by atoms with Gasteiger partial charge in [0.1, 0.15) is 11.4 Å². The van der Waals surface area contributed by atoms with Gasteiger partial charge in [0.05, 0.1) is 0 Å². The second kappa shape index (κ2) is 5.07. The minimum atomic E-state index is -0.932. The molecule has 5 heteroatoms. The highest BCUT2D eigenvalue weighted by atomic mass is 16.4. The number of aromatic nitrogens is 3. The molecule has 0 saturated heterocycles. The zero-order valence-corrected chi connectivity index (χ0v) is 11.5. The first-order valence-electron chi connectivity index (χ1n) is 6.99. The number of hydrogen-bond donors (Lipinski definition) is 1. The van der Waals surface area contributed by atoms with Crippen LogP contribution in [0.4, 0.5) is 0 Å². The standard InChI is InChI=1S/C15H17N3O2/c1-2-4-13-16-7-8-18(13)14-11(15(19)20)9-10-5-3-6-12(10)17-14/h7-9H,2-6H2,1H3,(H,19,20). The summed E-state index contributed by atoms with van der Waals surface area (Å²) < 4.78 is 1.81. The summed E-state index contributed by atoms with van der Waals surface area (Å²) in [5, 5.41) is 9.44. The number of pyridine rings is 1. The lowest BCUT2D eigenvalue weighted by Gasteiger charge is -2.11. The molecule has 0 unspecified atom stereocenters. The molecule has 0 spiro atoms. The molecule has 1 aliphatic rings. The van der Waals surface area contributed by atoms with Gasteiger partial charge in [0.15, 0.2) is 5.82 Å². The second-order valence-corrected chi connectivity index (χ2v) is 5.09. The average Bonchev–Trinajstić information content (AvgIpc) is 3.05. The molecule has 2 aromatic heterocycles. The van der Waals surface area contributed by atoms with Crippen molar-refractivity contribution in [1.29, 1.82) is 0 Å². The Hall–Kier alpha value is -2.17. The van der Waals surface area contributed by atoms with Crippen LogP contribution in [0.3, 0.4) is 0 Å². The smallest absolute Gasteiger partial charge is 0.339 e. The number of imidazole rings is 1. The van der Waals surface area contributed by atoms with Crippen molar-refractivity contribution >= 4 is 5.97 Å². The van der Waals surface area contributed by atoms with Gasteiger partial charge < -0.3 is 5.11 Å². The number of carboxylic acids is 1. The van der Waals surface area contributed by atoms with Crippen molar-refractivity contribution in [3.05, 3.63) is 41.1 Å². The fraction of sp³-hybridized carbons (Fsp3) is 0.400. The monoisotopic (exact) mass is 271 g/mol. The van der Waals surface area contributed by atoms with E-state index in [2.05, 4.69) is 16.9 Å². The molecule has 5 nitrogen and oxygen atoms in total. The normalized spacial score (nSPS) is 13.4. The Bertz CT molecular complexity index is 661. The predicted octanol–water partition coefficient (Wildman–Crippen LogP) is 2.41. The SMILES string of the molecule is CCCc1nccn1-c1nc2c(cc1C(=O)O)CCC2. The van der Waals surface area contributed by atoms with Crippen molar-refractivity contribution in [2.24, 2.45) is 0 Å². The molecule has 1 aliphatic carbocycles. The van der Waals surface area contributed by atoms with E-state index in [0.717, 1.165) is 49.2 Å². The van der Waals surface area contributed by atoms with Gasteiger partial charge in [-0.2, -0.15) is 0 Å². The number of hydrogen-bond acceptors (Lipinski definition) is 3. The quantitative estimate of drug-likeness (QED) is 0.927. The van der Waals surface area contributed by atoms with Gasteiger partial charge in [-0.15, -0.1) is 0 Å². The largest absolute Gasteiger partial charge is 0.478 e. The van der Waals surface area contributed by atoms with E-state index in [4.69, 9.17) is 0 Å². The van der Waals surface area contributed by atoms with Crippen molar-refractivity contribution in [2.75, 3.05) is 0 Å². The minimum Gasteiger partial charge on any atom is -0.478 e. The number of carboxylic acid groups (broad SMARTS) is 1.